The molecule has 0 aromatic heterocycles. The molecule has 1 aliphatic carbocycles. The fraction of sp³-hybridized carbons (Fsp3) is 0.906. The topological polar surface area (TPSA) is 110 Å². The molecule has 1 aliphatic rings. The van der Waals surface area contributed by atoms with E-state index in [2.05, 4.69) is 27.7 Å². The third-order valence-electron chi connectivity index (χ3n) is 8.91. The minimum absolute atomic E-state index is 0.0997. The Balaban J connectivity index is 2.39. The van der Waals surface area contributed by atoms with Crippen molar-refractivity contribution in [1.29, 1.82) is 0 Å². The van der Waals surface area contributed by atoms with Gasteiger partial charge in [0.2, 0.25) is 0 Å². The molecule has 38 heavy (non-hydrogen) atoms. The molecule has 0 aromatic rings. The second kappa shape index (κ2) is 17.0. The number of aliphatic hydroxyl groups excluding tert-OH is 1. The summed E-state index contributed by atoms with van der Waals surface area (Å²) >= 11 is 0. The van der Waals surface area contributed by atoms with Crippen LogP contribution in [0.1, 0.15) is 132 Å². The van der Waals surface area contributed by atoms with Crippen LogP contribution in [0.2, 0.25) is 0 Å². The molecule has 6 nitrogen and oxygen atoms in total. The maximum absolute atomic E-state index is 10.9. The van der Waals surface area contributed by atoms with E-state index in [1.807, 2.05) is 13.0 Å². The molecule has 0 saturated heterocycles. The lowest BCUT2D eigenvalue weighted by molar-refractivity contribution is -0.311. The molecule has 3 N–H and O–H groups in total. The van der Waals surface area contributed by atoms with Gasteiger partial charge in [-0.05, 0) is 107 Å². The molecule has 0 heterocycles. The molecule has 0 radical (unpaired) electrons. The number of rotatable bonds is 20. The van der Waals surface area contributed by atoms with Gasteiger partial charge >= 0.3 is 0 Å². The van der Waals surface area contributed by atoms with Crippen molar-refractivity contribution in [2.45, 2.75) is 155 Å². The highest BCUT2D eigenvalue weighted by Gasteiger charge is 2.34. The number of carbonyl (C=O) groups excluding carboxylic acids is 1. The predicted molar refractivity (Wildman–Crippen MR) is 152 cm³/mol. The molecule has 0 aliphatic heterocycles. The van der Waals surface area contributed by atoms with Crippen LogP contribution in [0.4, 0.5) is 0 Å². The molecule has 0 aromatic carbocycles. The van der Waals surface area contributed by atoms with Crippen LogP contribution in [0.25, 0.3) is 0 Å². The summed E-state index contributed by atoms with van der Waals surface area (Å²) in [6.45, 7) is 14.8. The Hall–Kier alpha value is -0.950. The minimum atomic E-state index is -1.04. The van der Waals surface area contributed by atoms with Gasteiger partial charge in [0.15, 0.2) is 0 Å². The number of carboxylic acids is 1. The van der Waals surface area contributed by atoms with Crippen LogP contribution >= 0.6 is 0 Å². The zero-order valence-electron chi connectivity index (χ0n) is 25.5. The largest absolute Gasteiger partial charge is 0.550 e. The Morgan fingerprint density at radius 2 is 1.50 bits per heavy atom. The van der Waals surface area contributed by atoms with Crippen molar-refractivity contribution >= 4 is 5.97 Å². The van der Waals surface area contributed by atoms with Gasteiger partial charge in [-0.1, -0.05) is 60.0 Å². The summed E-state index contributed by atoms with van der Waals surface area (Å²) in [5.41, 5.74) is -0.344. The van der Waals surface area contributed by atoms with Crippen LogP contribution in [-0.2, 0) is 9.53 Å². The molecule has 0 fully saturated rings. The zero-order chi connectivity index (χ0) is 28.9. The van der Waals surface area contributed by atoms with Gasteiger partial charge in [-0.15, -0.1) is 0 Å². The number of unbranched alkanes of at least 4 members (excludes halogenated alkanes) is 1. The van der Waals surface area contributed by atoms with E-state index in [1.165, 1.54) is 5.57 Å². The fourth-order valence-electron chi connectivity index (χ4n) is 5.63. The Labute approximate surface area is 233 Å². The first-order chi connectivity index (χ1) is 17.7. The van der Waals surface area contributed by atoms with Gasteiger partial charge in [-0.3, -0.25) is 0 Å². The Kier molecular flexibility index (Phi) is 15.7. The van der Waals surface area contributed by atoms with Crippen LogP contribution in [0.3, 0.4) is 0 Å². The molecule has 0 bridgehead atoms. The molecule has 0 saturated carbocycles. The maximum atomic E-state index is 10.9. The third-order valence-corrected chi connectivity index (χ3v) is 8.91. The Bertz CT molecular complexity index is 700. The van der Waals surface area contributed by atoms with Crippen molar-refractivity contribution in [2.75, 3.05) is 6.61 Å². The van der Waals surface area contributed by atoms with Gasteiger partial charge in [0.05, 0.1) is 23.4 Å². The lowest BCUT2D eigenvalue weighted by Crippen LogP contribution is -2.39. The first-order valence-corrected chi connectivity index (χ1v) is 15.3. The normalized spacial score (nSPS) is 26.7. The van der Waals surface area contributed by atoms with Crippen LogP contribution < -0.4 is 5.11 Å². The summed E-state index contributed by atoms with van der Waals surface area (Å²) in [7, 11) is 0. The number of aliphatic carboxylic acids is 1. The molecule has 1 rings (SSSR count). The van der Waals surface area contributed by atoms with Crippen molar-refractivity contribution in [2.24, 2.45) is 23.7 Å². The summed E-state index contributed by atoms with van der Waals surface area (Å²) < 4.78 is 6.27. The van der Waals surface area contributed by atoms with Gasteiger partial charge in [-0.2, -0.15) is 0 Å². The molecular weight excluding hydrogens is 480 g/mol. The van der Waals surface area contributed by atoms with E-state index < -0.39 is 29.2 Å². The third kappa shape index (κ3) is 13.4. The second-order valence-corrected chi connectivity index (χ2v) is 13.1. The predicted octanol–water partition coefficient (Wildman–Crippen LogP) is 5.56. The summed E-state index contributed by atoms with van der Waals surface area (Å²) in [6, 6.07) is 0. The number of hydrogen-bond acceptors (Lipinski definition) is 6. The molecule has 6 heteroatoms. The number of carboxylic acid groups (broad SMARTS) is 1. The maximum Gasteiger partial charge on any atom is 0.0815 e. The molecule has 8 unspecified atom stereocenters. The highest BCUT2D eigenvalue weighted by Crippen LogP contribution is 2.35. The molecular formula is C32H59O6-. The first-order valence-electron chi connectivity index (χ1n) is 15.3. The average Bonchev–Trinajstić information content (AvgIpc) is 2.82. The highest BCUT2D eigenvalue weighted by atomic mass is 16.5. The van der Waals surface area contributed by atoms with E-state index in [1.54, 1.807) is 13.8 Å². The summed E-state index contributed by atoms with van der Waals surface area (Å²) in [6.07, 6.45) is 12.3. The Morgan fingerprint density at radius 1 is 0.947 bits per heavy atom. The first kappa shape index (κ1) is 35.1. The van der Waals surface area contributed by atoms with Gasteiger partial charge in [0.25, 0.3) is 0 Å². The average molecular weight is 540 g/mol. The van der Waals surface area contributed by atoms with Crippen LogP contribution in [0.5, 0.6) is 0 Å². The van der Waals surface area contributed by atoms with Crippen molar-refractivity contribution in [3.8, 4) is 0 Å². The monoisotopic (exact) mass is 539 g/mol. The van der Waals surface area contributed by atoms with Gasteiger partial charge in [0.1, 0.15) is 0 Å². The van der Waals surface area contributed by atoms with E-state index in [0.717, 1.165) is 58.0 Å². The van der Waals surface area contributed by atoms with Crippen LogP contribution in [0.15, 0.2) is 11.6 Å². The lowest BCUT2D eigenvalue weighted by atomic mass is 9.76. The van der Waals surface area contributed by atoms with Gasteiger partial charge in [0, 0.05) is 12.6 Å². The zero-order valence-corrected chi connectivity index (χ0v) is 25.5. The molecule has 224 valence electrons. The van der Waals surface area contributed by atoms with Crippen molar-refractivity contribution in [3.05, 3.63) is 11.6 Å². The van der Waals surface area contributed by atoms with Crippen molar-refractivity contribution in [3.63, 3.8) is 0 Å². The summed E-state index contributed by atoms with van der Waals surface area (Å²) in [5, 5.41) is 42.9. The van der Waals surface area contributed by atoms with Crippen molar-refractivity contribution < 1.29 is 30.0 Å². The van der Waals surface area contributed by atoms with Crippen molar-refractivity contribution in [1.82, 2.24) is 0 Å². The number of ether oxygens (including phenoxy) is 1. The smallest absolute Gasteiger partial charge is 0.0815 e. The van der Waals surface area contributed by atoms with Gasteiger partial charge in [-0.25, -0.2) is 0 Å². The quantitative estimate of drug-likeness (QED) is 0.138. The van der Waals surface area contributed by atoms with E-state index in [9.17, 15) is 25.2 Å². The van der Waals surface area contributed by atoms with E-state index in [4.69, 9.17) is 4.74 Å². The van der Waals surface area contributed by atoms with Crippen LogP contribution in [-0.4, -0.2) is 51.3 Å². The molecule has 8 atom stereocenters. The molecule has 0 spiro atoms. The number of carbonyl (C=O) groups is 1. The Morgan fingerprint density at radius 3 is 2.05 bits per heavy atom. The van der Waals surface area contributed by atoms with E-state index >= 15 is 0 Å². The fourth-order valence-corrected chi connectivity index (χ4v) is 5.63. The van der Waals surface area contributed by atoms with Gasteiger partial charge < -0.3 is 30.0 Å². The highest BCUT2D eigenvalue weighted by molar-refractivity contribution is 5.66. The van der Waals surface area contributed by atoms with E-state index in [0.29, 0.717) is 43.9 Å². The standard InChI is InChI=1S/C32H60O6/c1-8-9-21-38-29-26(5)25(4)28(33)22-27(29)16-15-23(2)13-10-17-31(6,36)19-12-20-32(7,37)18-11-14-24(3)30(34)35/h22-26,28-29,33,36-37H,8-21H2,1-7H3,(H,34,35)/p-1. The minimum Gasteiger partial charge on any atom is -0.550 e. The second-order valence-electron chi connectivity index (χ2n) is 13.1. The SMILES string of the molecule is CCCCOC1C(CCC(C)CCCC(C)(O)CCCC(C)(O)CCCC(C)C(=O)[O-])=CC(O)C(C)C1C. The van der Waals surface area contributed by atoms with Crippen LogP contribution in [0, 0.1) is 23.7 Å². The summed E-state index contributed by atoms with van der Waals surface area (Å²) in [5.74, 6) is -0.498. The number of hydrogen-bond donors (Lipinski definition) is 3. The van der Waals surface area contributed by atoms with E-state index in [-0.39, 0.29) is 12.0 Å². The lowest BCUT2D eigenvalue weighted by Gasteiger charge is -2.38. The molecule has 0 amide bonds. The number of aliphatic hydroxyl groups is 3. The summed E-state index contributed by atoms with van der Waals surface area (Å²) in [4.78, 5) is 10.8.